The van der Waals surface area contributed by atoms with E-state index in [2.05, 4.69) is 30.5 Å². The highest BCUT2D eigenvalue weighted by molar-refractivity contribution is 5.98. The number of pyridine rings is 2. The smallest absolute Gasteiger partial charge is 0.224 e. The van der Waals surface area contributed by atoms with Crippen molar-refractivity contribution >= 4 is 33.5 Å². The third kappa shape index (κ3) is 4.15. The number of aromatic nitrogens is 6. The van der Waals surface area contributed by atoms with Gasteiger partial charge in [-0.1, -0.05) is 31.2 Å². The molecule has 38 heavy (non-hydrogen) atoms. The normalized spacial score (nSPS) is 11.3. The molecule has 0 spiro atoms. The molecule has 4 heterocycles. The van der Waals surface area contributed by atoms with Crippen molar-refractivity contribution in [3.8, 4) is 33.9 Å². The van der Waals surface area contributed by atoms with Gasteiger partial charge in [-0.2, -0.15) is 5.10 Å². The van der Waals surface area contributed by atoms with E-state index in [9.17, 15) is 9.18 Å². The Bertz CT molecular complexity index is 1830. The number of nitrogens with one attached hydrogen (secondary N) is 3. The molecule has 188 valence electrons. The summed E-state index contributed by atoms with van der Waals surface area (Å²) < 4.78 is 29.9. The molecule has 8 nitrogen and oxygen atoms in total. The summed E-state index contributed by atoms with van der Waals surface area (Å²) in [5, 5.41) is 10.1. The number of hydrogen-bond acceptors (Lipinski definition) is 5. The summed E-state index contributed by atoms with van der Waals surface area (Å²) in [7, 11) is 0. The molecule has 10 heteroatoms. The molecule has 0 atom stereocenters. The van der Waals surface area contributed by atoms with Crippen molar-refractivity contribution in [1.82, 2.24) is 30.1 Å². The van der Waals surface area contributed by atoms with Crippen molar-refractivity contribution < 1.29 is 13.6 Å². The number of para-hydroxylation sites is 1. The molecule has 0 radical (unpaired) electrons. The zero-order valence-corrected chi connectivity index (χ0v) is 20.2. The maximum Gasteiger partial charge on any atom is 0.224 e. The minimum absolute atomic E-state index is 0.0656. The van der Waals surface area contributed by atoms with Crippen LogP contribution in [0.4, 0.5) is 14.5 Å². The second-order valence-corrected chi connectivity index (χ2v) is 8.84. The monoisotopic (exact) mass is 509 g/mol. The molecule has 4 aromatic heterocycles. The average molecular weight is 510 g/mol. The number of nitrogens with zero attached hydrogens (tertiary/aromatic N) is 4. The van der Waals surface area contributed by atoms with Gasteiger partial charge in [0.05, 0.1) is 40.0 Å². The molecular weight excluding hydrogens is 488 g/mol. The SMILES string of the molecule is CCCC(=O)Nc1cncc(-c2ncc3[nH]nc(-c4nc5c(-c6cccc(F)c6)cccc5[nH]4)c3c2F)c1. The number of fused-ring (bicyclic) bond motifs is 2. The molecule has 2 aromatic carbocycles. The first-order chi connectivity index (χ1) is 18.5. The van der Waals surface area contributed by atoms with Crippen molar-refractivity contribution in [3.05, 3.63) is 78.8 Å². The van der Waals surface area contributed by atoms with Crippen molar-refractivity contribution in [2.75, 3.05) is 5.32 Å². The molecule has 1 amide bonds. The second kappa shape index (κ2) is 9.47. The van der Waals surface area contributed by atoms with Gasteiger partial charge in [-0.05, 0) is 36.2 Å². The van der Waals surface area contributed by atoms with Gasteiger partial charge in [0.25, 0.3) is 0 Å². The number of hydrogen-bond donors (Lipinski definition) is 3. The van der Waals surface area contributed by atoms with Crippen LogP contribution >= 0.6 is 0 Å². The Kier molecular flexibility index (Phi) is 5.83. The summed E-state index contributed by atoms with van der Waals surface area (Å²) in [5.41, 5.74) is 4.33. The number of carbonyl (C=O) groups is 1. The number of H-pyrrole nitrogens is 2. The quantitative estimate of drug-likeness (QED) is 0.246. The number of aromatic amines is 2. The fourth-order valence-corrected chi connectivity index (χ4v) is 4.47. The van der Waals surface area contributed by atoms with Crippen LogP contribution in [-0.4, -0.2) is 36.0 Å². The summed E-state index contributed by atoms with van der Waals surface area (Å²) in [6.45, 7) is 1.91. The van der Waals surface area contributed by atoms with Gasteiger partial charge in [0, 0.05) is 23.7 Å². The van der Waals surface area contributed by atoms with E-state index in [1.54, 1.807) is 18.2 Å². The fourth-order valence-electron chi connectivity index (χ4n) is 4.47. The van der Waals surface area contributed by atoms with E-state index >= 15 is 4.39 Å². The number of carbonyl (C=O) groups excluding carboxylic acids is 1. The summed E-state index contributed by atoms with van der Waals surface area (Å²) in [4.78, 5) is 28.4. The van der Waals surface area contributed by atoms with Crippen LogP contribution < -0.4 is 5.32 Å². The Morgan fingerprint density at radius 3 is 2.68 bits per heavy atom. The van der Waals surface area contributed by atoms with Crippen LogP contribution in [0.2, 0.25) is 0 Å². The van der Waals surface area contributed by atoms with Gasteiger partial charge in [-0.25, -0.2) is 13.8 Å². The standard InChI is InChI=1S/C28H21F2N7O/c1-2-5-22(38)33-18-11-16(12-31-13-18)25-24(30)23-21(14-32-25)36-37-27(23)28-34-20-9-4-8-19(26(20)35-28)15-6-3-7-17(29)10-15/h3-4,6-14H,2,5H2,1H3,(H,33,38)(H,34,35)(H,36,37). The van der Waals surface area contributed by atoms with E-state index < -0.39 is 5.82 Å². The van der Waals surface area contributed by atoms with Gasteiger partial charge in [0.15, 0.2) is 11.6 Å². The summed E-state index contributed by atoms with van der Waals surface area (Å²) in [6, 6.07) is 13.4. The van der Waals surface area contributed by atoms with Crippen LogP contribution in [0, 0.1) is 11.6 Å². The molecule has 0 aliphatic rings. The van der Waals surface area contributed by atoms with Crippen LogP contribution in [0.3, 0.4) is 0 Å². The molecule has 6 rings (SSSR count). The topological polar surface area (TPSA) is 112 Å². The van der Waals surface area contributed by atoms with Gasteiger partial charge in [0.1, 0.15) is 17.2 Å². The van der Waals surface area contributed by atoms with Gasteiger partial charge in [0.2, 0.25) is 5.91 Å². The largest absolute Gasteiger partial charge is 0.337 e. The number of halogens is 2. The van der Waals surface area contributed by atoms with Crippen LogP contribution in [-0.2, 0) is 4.79 Å². The van der Waals surface area contributed by atoms with Gasteiger partial charge >= 0.3 is 0 Å². The fraction of sp³-hybridized carbons (Fsp3) is 0.107. The predicted octanol–water partition coefficient (Wildman–Crippen LogP) is 6.25. The number of imidazole rings is 1. The first kappa shape index (κ1) is 23.4. The van der Waals surface area contributed by atoms with Gasteiger partial charge < -0.3 is 10.3 Å². The molecule has 0 aliphatic carbocycles. The zero-order valence-electron chi connectivity index (χ0n) is 20.2. The molecule has 6 aromatic rings. The minimum atomic E-state index is -0.601. The van der Waals surface area contributed by atoms with E-state index in [1.807, 2.05) is 25.1 Å². The van der Waals surface area contributed by atoms with Gasteiger partial charge in [-0.15, -0.1) is 0 Å². The molecule has 0 aliphatic heterocycles. The zero-order chi connectivity index (χ0) is 26.2. The number of anilines is 1. The molecule has 3 N–H and O–H groups in total. The Labute approximate surface area is 215 Å². The summed E-state index contributed by atoms with van der Waals surface area (Å²) >= 11 is 0. The van der Waals surface area contributed by atoms with Crippen molar-refractivity contribution in [1.29, 1.82) is 0 Å². The minimum Gasteiger partial charge on any atom is -0.337 e. The highest BCUT2D eigenvalue weighted by atomic mass is 19.1. The molecular formula is C28H21F2N7O. The van der Waals surface area contributed by atoms with Crippen LogP contribution in [0.25, 0.3) is 55.8 Å². The van der Waals surface area contributed by atoms with Crippen molar-refractivity contribution in [3.63, 3.8) is 0 Å². The molecule has 0 fully saturated rings. The average Bonchev–Trinajstić information content (AvgIpc) is 3.54. The third-order valence-electron chi connectivity index (χ3n) is 6.19. The first-order valence-corrected chi connectivity index (χ1v) is 12.0. The second-order valence-electron chi connectivity index (χ2n) is 8.84. The van der Waals surface area contributed by atoms with Gasteiger partial charge in [-0.3, -0.25) is 19.9 Å². The van der Waals surface area contributed by atoms with E-state index in [1.165, 1.54) is 30.7 Å². The van der Waals surface area contributed by atoms with Crippen molar-refractivity contribution in [2.24, 2.45) is 0 Å². The van der Waals surface area contributed by atoms with Crippen LogP contribution in [0.1, 0.15) is 19.8 Å². The van der Waals surface area contributed by atoms with Crippen LogP contribution in [0.15, 0.2) is 67.1 Å². The lowest BCUT2D eigenvalue weighted by Gasteiger charge is -2.07. The number of amides is 1. The Hall–Kier alpha value is -4.99. The first-order valence-electron chi connectivity index (χ1n) is 12.0. The van der Waals surface area contributed by atoms with Crippen LogP contribution in [0.5, 0.6) is 0 Å². The van der Waals surface area contributed by atoms with Crippen molar-refractivity contribution in [2.45, 2.75) is 19.8 Å². The lowest BCUT2D eigenvalue weighted by molar-refractivity contribution is -0.116. The lowest BCUT2D eigenvalue weighted by Crippen LogP contribution is -2.10. The lowest BCUT2D eigenvalue weighted by atomic mass is 10.0. The molecule has 0 saturated heterocycles. The molecule has 0 unspecified atom stereocenters. The Balaban J connectivity index is 1.44. The van der Waals surface area contributed by atoms with E-state index in [4.69, 9.17) is 4.98 Å². The maximum atomic E-state index is 16.0. The number of rotatable bonds is 6. The maximum absolute atomic E-state index is 16.0. The summed E-state index contributed by atoms with van der Waals surface area (Å²) in [6.07, 6.45) is 5.56. The highest BCUT2D eigenvalue weighted by Gasteiger charge is 2.21. The van der Waals surface area contributed by atoms with E-state index in [0.29, 0.717) is 52.0 Å². The Morgan fingerprint density at radius 2 is 1.84 bits per heavy atom. The number of benzene rings is 2. The molecule has 0 saturated carbocycles. The predicted molar refractivity (Wildman–Crippen MR) is 141 cm³/mol. The molecule has 0 bridgehead atoms. The van der Waals surface area contributed by atoms with E-state index in [0.717, 1.165) is 5.56 Å². The van der Waals surface area contributed by atoms with E-state index in [-0.39, 0.29) is 28.5 Å². The summed E-state index contributed by atoms with van der Waals surface area (Å²) in [5.74, 6) is -0.741. The third-order valence-corrected chi connectivity index (χ3v) is 6.19. The highest BCUT2D eigenvalue weighted by Crippen LogP contribution is 2.34. The Morgan fingerprint density at radius 1 is 0.974 bits per heavy atom.